The van der Waals surface area contributed by atoms with Gasteiger partial charge in [0.1, 0.15) is 0 Å². The summed E-state index contributed by atoms with van der Waals surface area (Å²) in [6, 6.07) is 0. The van der Waals surface area contributed by atoms with Crippen molar-refractivity contribution in [2.75, 3.05) is 37.7 Å². The van der Waals surface area contributed by atoms with Crippen LogP contribution in [0.5, 0.6) is 0 Å². The van der Waals surface area contributed by atoms with Crippen LogP contribution in [0.15, 0.2) is 0 Å². The molecule has 0 aromatic rings. The predicted molar refractivity (Wildman–Crippen MR) is 80.0 cm³/mol. The third-order valence-electron chi connectivity index (χ3n) is 1.73. The van der Waals surface area contributed by atoms with Gasteiger partial charge in [-0.15, -0.1) is 24.8 Å². The highest BCUT2D eigenvalue weighted by Gasteiger charge is 2.14. The minimum atomic E-state index is -0.734. The number of rotatable bonds is 9. The Hall–Kier alpha value is 1.12. The van der Waals surface area contributed by atoms with E-state index in [1.165, 1.54) is 0 Å². The van der Waals surface area contributed by atoms with Crippen LogP contribution in [0, 0.1) is 0 Å². The quantitative estimate of drug-likeness (QED) is 0.259. The van der Waals surface area contributed by atoms with E-state index in [9.17, 15) is 10.2 Å². The highest BCUT2D eigenvalue weighted by molar-refractivity contribution is 7.80. The summed E-state index contributed by atoms with van der Waals surface area (Å²) < 4.78 is 0. The van der Waals surface area contributed by atoms with Crippen molar-refractivity contribution in [2.24, 2.45) is 0 Å². The molecule has 0 aliphatic rings. The minimum absolute atomic E-state index is 0. The smallest absolute Gasteiger partial charge is 0.0935 e. The Morgan fingerprint density at radius 2 is 1.12 bits per heavy atom. The molecular formula is C8H22Cl2N2O2S2. The number of aliphatic hydroxyl groups excluding tert-OH is 2. The first-order valence-electron chi connectivity index (χ1n) is 4.71. The second-order valence-corrected chi connectivity index (χ2v) is 3.88. The molecule has 0 spiro atoms. The average molecular weight is 313 g/mol. The molecule has 2 atom stereocenters. The predicted octanol–water partition coefficient (Wildman–Crippen LogP) is -0.409. The van der Waals surface area contributed by atoms with Crippen LogP contribution in [0.4, 0.5) is 0 Å². The molecule has 102 valence electrons. The molecule has 0 aliphatic carbocycles. The molecule has 4 N–H and O–H groups in total. The number of aliphatic hydroxyl groups is 2. The molecule has 8 heteroatoms. The van der Waals surface area contributed by atoms with Gasteiger partial charge in [-0.3, -0.25) is 0 Å². The molecule has 0 aromatic carbocycles. The van der Waals surface area contributed by atoms with Crippen molar-refractivity contribution >= 4 is 50.1 Å². The third-order valence-corrected chi connectivity index (χ3v) is 2.18. The molecule has 0 bridgehead atoms. The van der Waals surface area contributed by atoms with E-state index in [1.807, 2.05) is 0 Å². The second-order valence-electron chi connectivity index (χ2n) is 2.99. The summed E-state index contributed by atoms with van der Waals surface area (Å²) in [5, 5.41) is 24.8. The molecule has 0 fully saturated rings. The lowest BCUT2D eigenvalue weighted by Gasteiger charge is -2.18. The maximum absolute atomic E-state index is 9.45. The van der Waals surface area contributed by atoms with Gasteiger partial charge in [0.15, 0.2) is 0 Å². The molecule has 0 radical (unpaired) electrons. The summed E-state index contributed by atoms with van der Waals surface area (Å²) in [7, 11) is 0. The lowest BCUT2D eigenvalue weighted by Crippen LogP contribution is -2.42. The van der Waals surface area contributed by atoms with E-state index in [1.54, 1.807) is 0 Å². The largest absolute Gasteiger partial charge is 0.389 e. The van der Waals surface area contributed by atoms with Gasteiger partial charge in [-0.25, -0.2) is 0 Å². The van der Waals surface area contributed by atoms with Gasteiger partial charge in [-0.1, -0.05) is 0 Å². The summed E-state index contributed by atoms with van der Waals surface area (Å²) in [5.41, 5.74) is 0. The van der Waals surface area contributed by atoms with Crippen molar-refractivity contribution in [1.82, 2.24) is 10.6 Å². The zero-order chi connectivity index (χ0) is 10.8. The number of thiol groups is 2. The average Bonchev–Trinajstić information content (AvgIpc) is 2.18. The lowest BCUT2D eigenvalue weighted by molar-refractivity contribution is 0.0216. The molecule has 0 aromatic heterocycles. The molecule has 0 rings (SSSR count). The maximum atomic E-state index is 9.45. The van der Waals surface area contributed by atoms with Gasteiger partial charge in [0, 0.05) is 37.7 Å². The van der Waals surface area contributed by atoms with Gasteiger partial charge in [-0.05, 0) is 0 Å². The van der Waals surface area contributed by atoms with Gasteiger partial charge < -0.3 is 20.8 Å². The Morgan fingerprint density at radius 3 is 1.38 bits per heavy atom. The Kier molecular flexibility index (Phi) is 22.5. The molecule has 0 amide bonds. The number of halogens is 2. The normalized spacial score (nSPS) is 13.5. The van der Waals surface area contributed by atoms with Crippen LogP contribution < -0.4 is 10.6 Å². The van der Waals surface area contributed by atoms with Gasteiger partial charge >= 0.3 is 0 Å². The molecule has 16 heavy (non-hydrogen) atoms. The number of hydrogen-bond donors (Lipinski definition) is 6. The summed E-state index contributed by atoms with van der Waals surface area (Å²) in [6.07, 6.45) is -1.47. The summed E-state index contributed by atoms with van der Waals surface area (Å²) in [5.74, 6) is 1.45. The van der Waals surface area contributed by atoms with Crippen LogP contribution in [0.3, 0.4) is 0 Å². The summed E-state index contributed by atoms with van der Waals surface area (Å²) in [6.45, 7) is 2.25. The Bertz CT molecular complexity index is 125. The van der Waals surface area contributed by atoms with Crippen molar-refractivity contribution in [1.29, 1.82) is 0 Å². The van der Waals surface area contributed by atoms with Gasteiger partial charge in [-0.2, -0.15) is 25.3 Å². The van der Waals surface area contributed by atoms with Crippen LogP contribution in [0.2, 0.25) is 0 Å². The Labute approximate surface area is 121 Å². The van der Waals surface area contributed by atoms with Crippen LogP contribution in [0.25, 0.3) is 0 Å². The van der Waals surface area contributed by atoms with Crippen molar-refractivity contribution < 1.29 is 10.2 Å². The Balaban J connectivity index is -0.000000845. The Morgan fingerprint density at radius 1 is 0.812 bits per heavy atom. The van der Waals surface area contributed by atoms with E-state index in [-0.39, 0.29) is 24.8 Å². The van der Waals surface area contributed by atoms with E-state index >= 15 is 0 Å². The molecule has 0 saturated carbocycles. The van der Waals surface area contributed by atoms with E-state index in [0.29, 0.717) is 13.1 Å². The van der Waals surface area contributed by atoms with Crippen LogP contribution >= 0.6 is 50.1 Å². The molecular weight excluding hydrogens is 291 g/mol. The van der Waals surface area contributed by atoms with E-state index in [2.05, 4.69) is 35.9 Å². The SMILES string of the molecule is Cl.Cl.O[C@H](CNCCS)[C@H](O)CNCCS. The first-order chi connectivity index (χ1) is 6.72. The first kappa shape index (κ1) is 22.3. The molecule has 0 heterocycles. The topological polar surface area (TPSA) is 64.5 Å². The fourth-order valence-corrected chi connectivity index (χ4v) is 1.25. The van der Waals surface area contributed by atoms with Crippen LogP contribution in [-0.2, 0) is 0 Å². The van der Waals surface area contributed by atoms with Crippen LogP contribution in [-0.4, -0.2) is 60.1 Å². The van der Waals surface area contributed by atoms with Crippen molar-refractivity contribution in [3.63, 3.8) is 0 Å². The molecule has 0 saturated heterocycles. The highest BCUT2D eigenvalue weighted by Crippen LogP contribution is 1.90. The third kappa shape index (κ3) is 13.2. The molecule has 0 unspecified atom stereocenters. The van der Waals surface area contributed by atoms with E-state index in [0.717, 1.165) is 24.6 Å². The van der Waals surface area contributed by atoms with E-state index < -0.39 is 12.2 Å². The van der Waals surface area contributed by atoms with Crippen LogP contribution in [0.1, 0.15) is 0 Å². The highest BCUT2D eigenvalue weighted by atomic mass is 35.5. The van der Waals surface area contributed by atoms with E-state index in [4.69, 9.17) is 0 Å². The fourth-order valence-electron chi connectivity index (χ4n) is 0.930. The van der Waals surface area contributed by atoms with Crippen molar-refractivity contribution in [3.8, 4) is 0 Å². The standard InChI is InChI=1S/C8H20N2O2S2.2ClH/c11-7(5-9-1-3-13)8(12)6-10-2-4-14;;/h7-14H,1-6H2;2*1H/t7-,8-;;/m1../s1. The van der Waals surface area contributed by atoms with Gasteiger partial charge in [0.25, 0.3) is 0 Å². The lowest BCUT2D eigenvalue weighted by atomic mass is 10.2. The molecule has 0 aliphatic heterocycles. The zero-order valence-corrected chi connectivity index (χ0v) is 12.4. The summed E-state index contributed by atoms with van der Waals surface area (Å²) in [4.78, 5) is 0. The monoisotopic (exact) mass is 312 g/mol. The first-order valence-corrected chi connectivity index (χ1v) is 5.98. The van der Waals surface area contributed by atoms with Crippen molar-refractivity contribution in [3.05, 3.63) is 0 Å². The zero-order valence-electron chi connectivity index (χ0n) is 9.00. The maximum Gasteiger partial charge on any atom is 0.0935 e. The molecule has 4 nitrogen and oxygen atoms in total. The minimum Gasteiger partial charge on any atom is -0.389 e. The second kappa shape index (κ2) is 16.1. The van der Waals surface area contributed by atoms with Crippen molar-refractivity contribution in [2.45, 2.75) is 12.2 Å². The number of hydrogen-bond acceptors (Lipinski definition) is 6. The fraction of sp³-hybridized carbons (Fsp3) is 1.00. The number of nitrogens with one attached hydrogen (secondary N) is 2. The summed E-state index contributed by atoms with van der Waals surface area (Å²) >= 11 is 8.03. The van der Waals surface area contributed by atoms with Gasteiger partial charge in [0.2, 0.25) is 0 Å². The van der Waals surface area contributed by atoms with Gasteiger partial charge in [0.05, 0.1) is 12.2 Å².